The van der Waals surface area contributed by atoms with Crippen LogP contribution in [0.15, 0.2) is 47.8 Å². The zero-order valence-electron chi connectivity index (χ0n) is 14.4. The van der Waals surface area contributed by atoms with Gasteiger partial charge in [-0.2, -0.15) is 4.59 Å². The molecule has 25 heavy (non-hydrogen) atoms. The van der Waals surface area contributed by atoms with Crippen LogP contribution >= 0.6 is 0 Å². The third kappa shape index (κ3) is 4.01. The Morgan fingerprint density at radius 3 is 2.36 bits per heavy atom. The van der Waals surface area contributed by atoms with Gasteiger partial charge in [0.1, 0.15) is 18.7 Å². The molecular formula is C18H21N2O5+. The van der Waals surface area contributed by atoms with E-state index >= 15 is 0 Å². The summed E-state index contributed by atoms with van der Waals surface area (Å²) in [5.74, 6) is -1.77. The van der Waals surface area contributed by atoms with Crippen molar-refractivity contribution >= 4 is 17.7 Å². The predicted molar refractivity (Wildman–Crippen MR) is 90.1 cm³/mol. The maximum Gasteiger partial charge on any atom is 0.322 e. The molecule has 0 bridgehead atoms. The minimum atomic E-state index is -1.06. The van der Waals surface area contributed by atoms with E-state index in [2.05, 4.69) is 10.2 Å². The highest BCUT2D eigenvalue weighted by atomic mass is 16.5. The summed E-state index contributed by atoms with van der Waals surface area (Å²) in [5, 5.41) is 8.99. The summed E-state index contributed by atoms with van der Waals surface area (Å²) in [6.45, 7) is 1.56. The highest BCUT2D eigenvalue weighted by Gasteiger charge is 2.42. The summed E-state index contributed by atoms with van der Waals surface area (Å²) in [6.07, 6.45) is 3.20. The minimum absolute atomic E-state index is 0.0548. The number of allylic oxidation sites excluding steroid dienone is 3. The summed E-state index contributed by atoms with van der Waals surface area (Å²) < 4.78 is 4.43. The quantitative estimate of drug-likeness (QED) is 0.443. The lowest BCUT2D eigenvalue weighted by Crippen LogP contribution is -2.55. The third-order valence-corrected chi connectivity index (χ3v) is 4.14. The van der Waals surface area contributed by atoms with Gasteiger partial charge in [0.25, 0.3) is 0 Å². The van der Waals surface area contributed by atoms with Crippen LogP contribution in [0.4, 0.5) is 0 Å². The number of Topliss-reactive ketones (excluding diaryl/α,β-unsaturated/α-hetero) is 1. The van der Waals surface area contributed by atoms with Crippen LogP contribution in [0.3, 0.4) is 0 Å². The molecule has 0 aliphatic carbocycles. The fourth-order valence-corrected chi connectivity index (χ4v) is 2.61. The number of aliphatic carboxylic acids is 1. The number of esters is 1. The van der Waals surface area contributed by atoms with Crippen molar-refractivity contribution in [3.05, 3.63) is 58.9 Å². The number of quaternary nitrogens is 1. The molecule has 1 aromatic rings. The molecule has 1 aromatic carbocycles. The summed E-state index contributed by atoms with van der Waals surface area (Å²) >= 11 is 0. The minimum Gasteiger partial charge on any atom is -0.480 e. The highest BCUT2D eigenvalue weighted by molar-refractivity contribution is 6.07. The Balaban J connectivity index is 2.32. The fraction of sp³-hybridized carbons (Fsp3) is 0.278. The Morgan fingerprint density at radius 1 is 1.16 bits per heavy atom. The van der Waals surface area contributed by atoms with Gasteiger partial charge < -0.3 is 9.84 Å². The average Bonchev–Trinajstić information content (AvgIpc) is 2.90. The number of rotatable bonds is 7. The average molecular weight is 345 g/mol. The summed E-state index contributed by atoms with van der Waals surface area (Å²) in [7, 11) is 2.92. The molecular weight excluding hydrogens is 324 g/mol. The zero-order valence-corrected chi connectivity index (χ0v) is 14.4. The van der Waals surface area contributed by atoms with Gasteiger partial charge in [-0.1, -0.05) is 29.8 Å². The van der Waals surface area contributed by atoms with Crippen LogP contribution in [0.5, 0.6) is 0 Å². The molecule has 1 heterocycles. The van der Waals surface area contributed by atoms with E-state index in [1.807, 2.05) is 19.1 Å². The van der Waals surface area contributed by atoms with Crippen molar-refractivity contribution in [3.8, 4) is 0 Å². The van der Waals surface area contributed by atoms with Gasteiger partial charge in [-0.3, -0.25) is 14.4 Å². The van der Waals surface area contributed by atoms with Crippen LogP contribution in [0.1, 0.15) is 22.3 Å². The Kier molecular flexibility index (Phi) is 5.51. The largest absolute Gasteiger partial charge is 0.480 e. The highest BCUT2D eigenvalue weighted by Crippen LogP contribution is 2.31. The second-order valence-corrected chi connectivity index (χ2v) is 5.89. The van der Waals surface area contributed by atoms with Crippen molar-refractivity contribution in [2.45, 2.75) is 13.3 Å². The maximum absolute atomic E-state index is 12.9. The van der Waals surface area contributed by atoms with E-state index in [1.54, 1.807) is 31.3 Å². The second kappa shape index (κ2) is 7.42. The lowest BCUT2D eigenvalue weighted by Gasteiger charge is -2.32. The standard InChI is InChI=1S/C18H20N2O5/c1-12-4-6-13(7-5-12)18(24)15-9-8-14(10-17(23)25-3)20(15,2)19-11-16(21)22/h4-9,19H,10-11H2,1-3H3/p+1. The molecule has 1 aliphatic rings. The first-order valence-electron chi connectivity index (χ1n) is 7.71. The van der Waals surface area contributed by atoms with Crippen molar-refractivity contribution < 1.29 is 28.8 Å². The first-order chi connectivity index (χ1) is 11.8. The maximum atomic E-state index is 12.9. The number of nitrogens with zero attached hydrogens (tertiary/aromatic N) is 1. The van der Waals surface area contributed by atoms with Gasteiger partial charge >= 0.3 is 11.9 Å². The number of likely N-dealkylation sites (N-methyl/N-ethyl adjacent to an activating group) is 1. The SMILES string of the molecule is COC(=O)CC1=CC=C(C(=O)c2ccc(C)cc2)[N+]1(C)NCC(=O)O. The molecule has 0 saturated heterocycles. The van der Waals surface area contributed by atoms with Gasteiger partial charge in [-0.25, -0.2) is 0 Å². The molecule has 7 nitrogen and oxygen atoms in total. The van der Waals surface area contributed by atoms with E-state index in [0.29, 0.717) is 17.0 Å². The van der Waals surface area contributed by atoms with Gasteiger partial charge in [0, 0.05) is 17.7 Å². The number of carbonyl (C=O) groups is 3. The van der Waals surface area contributed by atoms with E-state index in [0.717, 1.165) is 5.56 Å². The third-order valence-electron chi connectivity index (χ3n) is 4.14. The monoisotopic (exact) mass is 345 g/mol. The van der Waals surface area contributed by atoms with Gasteiger partial charge in [-0.15, -0.1) is 5.43 Å². The molecule has 0 amide bonds. The molecule has 132 valence electrons. The molecule has 2 rings (SSSR count). The van der Waals surface area contributed by atoms with E-state index in [9.17, 15) is 14.4 Å². The van der Waals surface area contributed by atoms with E-state index in [-0.39, 0.29) is 23.3 Å². The van der Waals surface area contributed by atoms with E-state index < -0.39 is 11.9 Å². The van der Waals surface area contributed by atoms with Gasteiger partial charge in [0.15, 0.2) is 0 Å². The number of aryl methyl sites for hydroxylation is 1. The zero-order chi connectivity index (χ0) is 18.6. The number of benzene rings is 1. The van der Waals surface area contributed by atoms with Crippen LogP contribution in [-0.4, -0.2) is 48.1 Å². The molecule has 1 unspecified atom stereocenters. The van der Waals surface area contributed by atoms with Crippen molar-refractivity contribution in [3.63, 3.8) is 0 Å². The van der Waals surface area contributed by atoms with Crippen LogP contribution in [0.2, 0.25) is 0 Å². The number of carboxylic acids is 1. The normalized spacial score (nSPS) is 19.2. The Morgan fingerprint density at radius 2 is 1.80 bits per heavy atom. The molecule has 2 N–H and O–H groups in total. The first kappa shape index (κ1) is 18.6. The smallest absolute Gasteiger partial charge is 0.322 e. The van der Waals surface area contributed by atoms with Crippen LogP contribution < -0.4 is 5.43 Å². The number of carboxylic acid groups (broad SMARTS) is 1. The first-order valence-corrected chi connectivity index (χ1v) is 7.71. The van der Waals surface area contributed by atoms with Crippen LogP contribution in [0.25, 0.3) is 0 Å². The molecule has 0 saturated carbocycles. The summed E-state index contributed by atoms with van der Waals surface area (Å²) in [5.41, 5.74) is 5.21. The van der Waals surface area contributed by atoms with Crippen LogP contribution in [0, 0.1) is 6.92 Å². The molecule has 7 heteroatoms. The lowest BCUT2D eigenvalue weighted by atomic mass is 10.1. The van der Waals surface area contributed by atoms with Gasteiger partial charge in [-0.05, 0) is 6.92 Å². The number of methoxy groups -OCH3 is 1. The Labute approximate surface area is 145 Å². The molecule has 0 fully saturated rings. The van der Waals surface area contributed by atoms with Crippen molar-refractivity contribution in [2.24, 2.45) is 0 Å². The predicted octanol–water partition coefficient (Wildman–Crippen LogP) is 1.56. The molecule has 0 aromatic heterocycles. The van der Waals surface area contributed by atoms with Crippen molar-refractivity contribution in [2.75, 3.05) is 20.7 Å². The lowest BCUT2D eigenvalue weighted by molar-refractivity contribution is -0.873. The van der Waals surface area contributed by atoms with Gasteiger partial charge in [0.05, 0.1) is 14.2 Å². The Hall–Kier alpha value is -2.77. The molecule has 0 spiro atoms. The summed E-state index contributed by atoms with van der Waals surface area (Å²) in [4.78, 5) is 35.5. The van der Waals surface area contributed by atoms with E-state index in [1.165, 1.54) is 7.11 Å². The molecule has 1 aliphatic heterocycles. The number of nitrogens with one attached hydrogen (secondary N) is 1. The van der Waals surface area contributed by atoms with Crippen molar-refractivity contribution in [1.29, 1.82) is 0 Å². The topological polar surface area (TPSA) is 92.7 Å². The Bertz CT molecular complexity index is 764. The molecule has 0 radical (unpaired) electrons. The fourth-order valence-electron chi connectivity index (χ4n) is 2.61. The number of hydrogen-bond acceptors (Lipinski definition) is 5. The number of carbonyl (C=O) groups excluding carboxylic acids is 2. The second-order valence-electron chi connectivity index (χ2n) is 5.89. The van der Waals surface area contributed by atoms with E-state index in [4.69, 9.17) is 5.11 Å². The number of hydrogen-bond donors (Lipinski definition) is 2. The van der Waals surface area contributed by atoms with Crippen molar-refractivity contribution in [1.82, 2.24) is 5.43 Å². The molecule has 1 atom stereocenters. The van der Waals surface area contributed by atoms with Gasteiger partial charge in [0.2, 0.25) is 11.5 Å². The summed E-state index contributed by atoms with van der Waals surface area (Å²) in [6, 6.07) is 7.11. The number of ketones is 1. The number of ether oxygens (including phenoxy) is 1. The van der Waals surface area contributed by atoms with Crippen LogP contribution in [-0.2, 0) is 14.3 Å².